The molecule has 0 saturated carbocycles. The third-order valence-electron chi connectivity index (χ3n) is 3.29. The van der Waals surface area contributed by atoms with Gasteiger partial charge in [0, 0.05) is 54.8 Å². The SMILES string of the molecule is CCO[C@H]1CN(C)C[C@@H]1NC1CSCCSC1. The van der Waals surface area contributed by atoms with Crippen LogP contribution in [0.5, 0.6) is 0 Å². The number of hydrogen-bond acceptors (Lipinski definition) is 5. The van der Waals surface area contributed by atoms with E-state index in [1.54, 1.807) is 0 Å². The molecule has 0 bridgehead atoms. The van der Waals surface area contributed by atoms with Gasteiger partial charge in [-0.3, -0.25) is 0 Å². The van der Waals surface area contributed by atoms with E-state index in [1.807, 2.05) is 0 Å². The van der Waals surface area contributed by atoms with E-state index < -0.39 is 0 Å². The van der Waals surface area contributed by atoms with E-state index in [0.717, 1.165) is 19.7 Å². The van der Waals surface area contributed by atoms with Crippen molar-refractivity contribution in [3.63, 3.8) is 0 Å². The van der Waals surface area contributed by atoms with Crippen molar-refractivity contribution in [2.45, 2.75) is 25.1 Å². The number of hydrogen-bond donors (Lipinski definition) is 1. The fourth-order valence-corrected chi connectivity index (χ4v) is 4.94. The van der Waals surface area contributed by atoms with Gasteiger partial charge in [-0.15, -0.1) is 0 Å². The van der Waals surface area contributed by atoms with Crippen LogP contribution in [0, 0.1) is 0 Å². The average Bonchev–Trinajstić information content (AvgIpc) is 2.53. The summed E-state index contributed by atoms with van der Waals surface area (Å²) in [5.41, 5.74) is 0. The standard InChI is InChI=1S/C12H24N2OS2/c1-3-15-12-7-14(2)6-11(12)13-10-8-16-4-5-17-9-10/h10-13H,3-9H2,1-2H3/t11-,12-/m0/s1. The molecule has 17 heavy (non-hydrogen) atoms. The quantitative estimate of drug-likeness (QED) is 0.830. The molecule has 0 aliphatic carbocycles. The smallest absolute Gasteiger partial charge is 0.0866 e. The lowest BCUT2D eigenvalue weighted by Crippen LogP contribution is -2.48. The van der Waals surface area contributed by atoms with Gasteiger partial charge in [-0.2, -0.15) is 23.5 Å². The molecular weight excluding hydrogens is 252 g/mol. The molecule has 5 heteroatoms. The van der Waals surface area contributed by atoms with Crippen LogP contribution in [-0.2, 0) is 4.74 Å². The summed E-state index contributed by atoms with van der Waals surface area (Å²) in [6.07, 6.45) is 0.378. The van der Waals surface area contributed by atoms with Crippen molar-refractivity contribution >= 4 is 23.5 Å². The van der Waals surface area contributed by atoms with Crippen LogP contribution >= 0.6 is 23.5 Å². The number of nitrogens with one attached hydrogen (secondary N) is 1. The number of rotatable bonds is 4. The summed E-state index contributed by atoms with van der Waals surface area (Å²) in [6, 6.07) is 1.18. The Bertz CT molecular complexity index is 223. The van der Waals surface area contributed by atoms with Crippen LogP contribution in [0.2, 0.25) is 0 Å². The molecule has 2 rings (SSSR count). The first kappa shape index (κ1) is 14.0. The Morgan fingerprint density at radius 3 is 2.59 bits per heavy atom. The van der Waals surface area contributed by atoms with Crippen molar-refractivity contribution < 1.29 is 4.74 Å². The molecule has 3 nitrogen and oxygen atoms in total. The molecule has 2 aliphatic rings. The summed E-state index contributed by atoms with van der Waals surface area (Å²) in [5, 5.41) is 3.81. The van der Waals surface area contributed by atoms with Gasteiger partial charge < -0.3 is 15.0 Å². The van der Waals surface area contributed by atoms with Gasteiger partial charge in [0.05, 0.1) is 6.10 Å². The predicted octanol–water partition coefficient (Wildman–Crippen LogP) is 1.14. The second-order valence-electron chi connectivity index (χ2n) is 4.83. The van der Waals surface area contributed by atoms with E-state index in [2.05, 4.69) is 47.7 Å². The highest BCUT2D eigenvalue weighted by atomic mass is 32.2. The van der Waals surface area contributed by atoms with Gasteiger partial charge in [0.15, 0.2) is 0 Å². The molecule has 0 amide bonds. The van der Waals surface area contributed by atoms with Crippen LogP contribution in [-0.4, -0.2) is 72.8 Å². The molecule has 2 heterocycles. The molecule has 2 aliphatic heterocycles. The summed E-state index contributed by atoms with van der Waals surface area (Å²) in [4.78, 5) is 2.37. The Balaban J connectivity index is 1.82. The van der Waals surface area contributed by atoms with Gasteiger partial charge in [-0.25, -0.2) is 0 Å². The van der Waals surface area contributed by atoms with Crippen LogP contribution < -0.4 is 5.32 Å². The molecular formula is C12H24N2OS2. The highest BCUT2D eigenvalue weighted by Crippen LogP contribution is 2.19. The third-order valence-corrected chi connectivity index (χ3v) is 5.81. The van der Waals surface area contributed by atoms with Crippen molar-refractivity contribution in [1.82, 2.24) is 10.2 Å². The molecule has 100 valence electrons. The maximum absolute atomic E-state index is 5.84. The minimum absolute atomic E-state index is 0.378. The van der Waals surface area contributed by atoms with Crippen LogP contribution in [0.15, 0.2) is 0 Å². The number of likely N-dealkylation sites (tertiary alicyclic amines) is 1. The van der Waals surface area contributed by atoms with E-state index in [-0.39, 0.29) is 0 Å². The zero-order chi connectivity index (χ0) is 12.1. The Hall–Kier alpha value is 0.580. The zero-order valence-electron chi connectivity index (χ0n) is 10.9. The maximum Gasteiger partial charge on any atom is 0.0866 e. The Kier molecular flexibility index (Phi) is 5.96. The molecule has 2 saturated heterocycles. The minimum atomic E-state index is 0.378. The first-order valence-corrected chi connectivity index (χ1v) is 8.82. The van der Waals surface area contributed by atoms with E-state index in [9.17, 15) is 0 Å². The highest BCUT2D eigenvalue weighted by molar-refractivity contribution is 8.03. The molecule has 2 atom stereocenters. The van der Waals surface area contributed by atoms with E-state index in [0.29, 0.717) is 18.2 Å². The largest absolute Gasteiger partial charge is 0.375 e. The average molecular weight is 276 g/mol. The summed E-state index contributed by atoms with van der Waals surface area (Å²) >= 11 is 4.17. The lowest BCUT2D eigenvalue weighted by Gasteiger charge is -2.25. The van der Waals surface area contributed by atoms with Crippen LogP contribution in [0.1, 0.15) is 6.92 Å². The van der Waals surface area contributed by atoms with Crippen LogP contribution in [0.25, 0.3) is 0 Å². The molecule has 2 fully saturated rings. The van der Waals surface area contributed by atoms with Gasteiger partial charge in [0.2, 0.25) is 0 Å². The van der Waals surface area contributed by atoms with Gasteiger partial charge >= 0.3 is 0 Å². The Labute approximate surface area is 113 Å². The lowest BCUT2D eigenvalue weighted by atomic mass is 10.2. The minimum Gasteiger partial charge on any atom is -0.375 e. The summed E-state index contributed by atoms with van der Waals surface area (Å²) in [5.74, 6) is 5.13. The van der Waals surface area contributed by atoms with Crippen LogP contribution in [0.3, 0.4) is 0 Å². The first-order valence-electron chi connectivity index (χ1n) is 6.51. The molecule has 0 unspecified atom stereocenters. The number of ether oxygens (including phenoxy) is 1. The fraction of sp³-hybridized carbons (Fsp3) is 1.00. The fourth-order valence-electron chi connectivity index (χ4n) is 2.52. The maximum atomic E-state index is 5.84. The Morgan fingerprint density at radius 1 is 1.24 bits per heavy atom. The van der Waals surface area contributed by atoms with Gasteiger partial charge in [-0.1, -0.05) is 0 Å². The van der Waals surface area contributed by atoms with Crippen molar-refractivity contribution in [3.05, 3.63) is 0 Å². The molecule has 0 aromatic heterocycles. The van der Waals surface area contributed by atoms with Crippen molar-refractivity contribution in [1.29, 1.82) is 0 Å². The molecule has 0 aromatic rings. The zero-order valence-corrected chi connectivity index (χ0v) is 12.5. The summed E-state index contributed by atoms with van der Waals surface area (Å²) in [6.45, 7) is 5.10. The topological polar surface area (TPSA) is 24.5 Å². The van der Waals surface area contributed by atoms with Crippen molar-refractivity contribution in [3.8, 4) is 0 Å². The molecule has 0 aromatic carbocycles. The predicted molar refractivity (Wildman–Crippen MR) is 78.3 cm³/mol. The van der Waals surface area contributed by atoms with Crippen LogP contribution in [0.4, 0.5) is 0 Å². The highest BCUT2D eigenvalue weighted by Gasteiger charge is 2.32. The Morgan fingerprint density at radius 2 is 1.94 bits per heavy atom. The van der Waals surface area contributed by atoms with E-state index in [4.69, 9.17) is 4.74 Å². The van der Waals surface area contributed by atoms with Gasteiger partial charge in [0.1, 0.15) is 0 Å². The van der Waals surface area contributed by atoms with E-state index in [1.165, 1.54) is 23.0 Å². The molecule has 0 spiro atoms. The summed E-state index contributed by atoms with van der Waals surface area (Å²) in [7, 11) is 2.18. The normalized spacial score (nSPS) is 32.8. The number of nitrogens with zero attached hydrogens (tertiary/aromatic N) is 1. The van der Waals surface area contributed by atoms with Gasteiger partial charge in [-0.05, 0) is 14.0 Å². The van der Waals surface area contributed by atoms with E-state index >= 15 is 0 Å². The second-order valence-corrected chi connectivity index (χ2v) is 7.13. The third kappa shape index (κ3) is 4.31. The monoisotopic (exact) mass is 276 g/mol. The first-order chi connectivity index (χ1) is 8.29. The lowest BCUT2D eigenvalue weighted by molar-refractivity contribution is 0.0530. The van der Waals surface area contributed by atoms with Crippen molar-refractivity contribution in [2.24, 2.45) is 0 Å². The van der Waals surface area contributed by atoms with Crippen molar-refractivity contribution in [2.75, 3.05) is 49.8 Å². The second kappa shape index (κ2) is 7.24. The number of likely N-dealkylation sites (N-methyl/N-ethyl adjacent to an activating group) is 1. The molecule has 1 N–H and O–H groups in total. The molecule has 0 radical (unpaired) electrons. The summed E-state index contributed by atoms with van der Waals surface area (Å²) < 4.78 is 5.84. The van der Waals surface area contributed by atoms with Gasteiger partial charge in [0.25, 0.3) is 0 Å². The number of thioether (sulfide) groups is 2.